The minimum atomic E-state index is 0.711. The topological polar surface area (TPSA) is 15.3 Å². The lowest BCUT2D eigenvalue weighted by atomic mass is 9.74. The zero-order valence-electron chi connectivity index (χ0n) is 9.21. The van der Waals surface area contributed by atoms with Crippen LogP contribution in [-0.4, -0.2) is 36.6 Å². The highest BCUT2D eigenvalue weighted by Gasteiger charge is 2.44. The predicted molar refractivity (Wildman–Crippen MR) is 58.3 cm³/mol. The Labute approximate surface area is 87.0 Å². The van der Waals surface area contributed by atoms with Gasteiger partial charge in [-0.25, -0.2) is 0 Å². The molecular weight excluding hydrogens is 172 g/mol. The van der Waals surface area contributed by atoms with Gasteiger partial charge in [-0.3, -0.25) is 4.90 Å². The minimum absolute atomic E-state index is 0.711. The summed E-state index contributed by atoms with van der Waals surface area (Å²) in [4.78, 5) is 2.77. The number of piperazine rings is 1. The highest BCUT2D eigenvalue weighted by molar-refractivity contribution is 4.98. The van der Waals surface area contributed by atoms with Crippen molar-refractivity contribution in [3.8, 4) is 0 Å². The summed E-state index contributed by atoms with van der Waals surface area (Å²) in [6, 6.07) is 1.67. The molecule has 2 aliphatic carbocycles. The fourth-order valence-corrected chi connectivity index (χ4v) is 3.78. The standard InChI is InChI=1S/C12H22N2/c1-9-8-14(7-6-13-9)12-5-3-10-2-4-11(10)12/h9-13H,2-8H2,1H3. The lowest BCUT2D eigenvalue weighted by molar-refractivity contribution is 0.0740. The van der Waals surface area contributed by atoms with Crippen LogP contribution in [0.4, 0.5) is 0 Å². The molecule has 2 nitrogen and oxygen atoms in total. The third-order valence-electron chi connectivity index (χ3n) is 4.67. The Kier molecular flexibility index (Phi) is 2.29. The Bertz CT molecular complexity index is 216. The van der Waals surface area contributed by atoms with Crippen LogP contribution in [0.5, 0.6) is 0 Å². The molecule has 0 aromatic rings. The van der Waals surface area contributed by atoms with Crippen LogP contribution in [0.25, 0.3) is 0 Å². The Morgan fingerprint density at radius 2 is 2.00 bits per heavy atom. The van der Waals surface area contributed by atoms with Crippen molar-refractivity contribution in [1.29, 1.82) is 0 Å². The first-order chi connectivity index (χ1) is 6.84. The minimum Gasteiger partial charge on any atom is -0.312 e. The van der Waals surface area contributed by atoms with Gasteiger partial charge in [-0.1, -0.05) is 0 Å². The highest BCUT2D eigenvalue weighted by atomic mass is 15.2. The maximum absolute atomic E-state index is 3.54. The van der Waals surface area contributed by atoms with E-state index in [1.807, 2.05) is 0 Å². The molecule has 0 amide bonds. The lowest BCUT2D eigenvalue weighted by Crippen LogP contribution is -2.54. The maximum Gasteiger partial charge on any atom is 0.0167 e. The summed E-state index contributed by atoms with van der Waals surface area (Å²) in [5, 5.41) is 3.54. The van der Waals surface area contributed by atoms with Gasteiger partial charge in [-0.2, -0.15) is 0 Å². The summed E-state index contributed by atoms with van der Waals surface area (Å²) in [7, 11) is 0. The van der Waals surface area contributed by atoms with Crippen LogP contribution in [0.15, 0.2) is 0 Å². The zero-order valence-corrected chi connectivity index (χ0v) is 9.21. The molecule has 4 unspecified atom stereocenters. The summed E-state index contributed by atoms with van der Waals surface area (Å²) >= 11 is 0. The van der Waals surface area contributed by atoms with Gasteiger partial charge in [-0.05, 0) is 44.4 Å². The van der Waals surface area contributed by atoms with Crippen molar-refractivity contribution >= 4 is 0 Å². The molecule has 4 atom stereocenters. The number of rotatable bonds is 1. The van der Waals surface area contributed by atoms with E-state index in [9.17, 15) is 0 Å². The van der Waals surface area contributed by atoms with Crippen molar-refractivity contribution in [3.63, 3.8) is 0 Å². The Hall–Kier alpha value is -0.0800. The average Bonchev–Trinajstić information content (AvgIpc) is 2.41. The molecule has 1 saturated heterocycles. The molecule has 14 heavy (non-hydrogen) atoms. The van der Waals surface area contributed by atoms with Crippen molar-refractivity contribution in [3.05, 3.63) is 0 Å². The summed E-state index contributed by atoms with van der Waals surface area (Å²) in [6.45, 7) is 6.10. The van der Waals surface area contributed by atoms with Gasteiger partial charge < -0.3 is 5.32 Å². The van der Waals surface area contributed by atoms with Gasteiger partial charge in [0.2, 0.25) is 0 Å². The quantitative estimate of drug-likeness (QED) is 0.680. The molecule has 3 aliphatic rings. The first-order valence-electron chi connectivity index (χ1n) is 6.32. The zero-order chi connectivity index (χ0) is 9.54. The second kappa shape index (κ2) is 3.49. The fraction of sp³-hybridized carbons (Fsp3) is 1.00. The predicted octanol–water partition coefficient (Wildman–Crippen LogP) is 1.47. The van der Waals surface area contributed by atoms with Crippen LogP contribution in [0, 0.1) is 11.8 Å². The lowest BCUT2D eigenvalue weighted by Gasteiger charge is -2.43. The summed E-state index contributed by atoms with van der Waals surface area (Å²) in [5.74, 6) is 2.20. The second-order valence-corrected chi connectivity index (χ2v) is 5.50. The molecule has 80 valence electrons. The van der Waals surface area contributed by atoms with E-state index in [0.717, 1.165) is 17.9 Å². The monoisotopic (exact) mass is 194 g/mol. The van der Waals surface area contributed by atoms with Gasteiger partial charge >= 0.3 is 0 Å². The van der Waals surface area contributed by atoms with Crippen LogP contribution in [0.3, 0.4) is 0 Å². The van der Waals surface area contributed by atoms with Gasteiger partial charge in [0.15, 0.2) is 0 Å². The summed E-state index contributed by atoms with van der Waals surface area (Å²) in [6.07, 6.45) is 6.06. The van der Waals surface area contributed by atoms with Crippen LogP contribution >= 0.6 is 0 Å². The molecule has 2 saturated carbocycles. The van der Waals surface area contributed by atoms with E-state index < -0.39 is 0 Å². The third-order valence-corrected chi connectivity index (χ3v) is 4.67. The molecule has 1 heterocycles. The first kappa shape index (κ1) is 9.17. The first-order valence-corrected chi connectivity index (χ1v) is 6.32. The molecule has 0 aromatic carbocycles. The van der Waals surface area contributed by atoms with Crippen LogP contribution in [0.1, 0.15) is 32.6 Å². The van der Waals surface area contributed by atoms with Crippen molar-refractivity contribution in [1.82, 2.24) is 10.2 Å². The van der Waals surface area contributed by atoms with Gasteiger partial charge in [0.05, 0.1) is 0 Å². The molecule has 2 heteroatoms. The molecule has 3 fully saturated rings. The van der Waals surface area contributed by atoms with Crippen LogP contribution in [0.2, 0.25) is 0 Å². The van der Waals surface area contributed by atoms with E-state index in [4.69, 9.17) is 0 Å². The summed E-state index contributed by atoms with van der Waals surface area (Å²) < 4.78 is 0. The molecule has 0 aromatic heterocycles. The Balaban J connectivity index is 1.64. The van der Waals surface area contributed by atoms with E-state index in [2.05, 4.69) is 17.1 Å². The van der Waals surface area contributed by atoms with Crippen molar-refractivity contribution in [2.75, 3.05) is 19.6 Å². The Morgan fingerprint density at radius 1 is 1.14 bits per heavy atom. The maximum atomic E-state index is 3.54. The average molecular weight is 194 g/mol. The second-order valence-electron chi connectivity index (χ2n) is 5.50. The number of nitrogens with one attached hydrogen (secondary N) is 1. The van der Waals surface area contributed by atoms with Gasteiger partial charge in [0.1, 0.15) is 0 Å². The van der Waals surface area contributed by atoms with Gasteiger partial charge in [0.25, 0.3) is 0 Å². The van der Waals surface area contributed by atoms with E-state index in [1.54, 1.807) is 0 Å². The van der Waals surface area contributed by atoms with Gasteiger partial charge in [0, 0.05) is 31.7 Å². The van der Waals surface area contributed by atoms with E-state index in [-0.39, 0.29) is 0 Å². The van der Waals surface area contributed by atoms with Crippen LogP contribution in [-0.2, 0) is 0 Å². The molecular formula is C12H22N2. The highest BCUT2D eigenvalue weighted by Crippen LogP contribution is 2.48. The largest absolute Gasteiger partial charge is 0.312 e. The number of fused-ring (bicyclic) bond motifs is 1. The van der Waals surface area contributed by atoms with Crippen molar-refractivity contribution in [2.45, 2.75) is 44.7 Å². The normalized spacial score (nSPS) is 48.6. The molecule has 0 spiro atoms. The smallest absolute Gasteiger partial charge is 0.0167 e. The van der Waals surface area contributed by atoms with Gasteiger partial charge in [-0.15, -0.1) is 0 Å². The number of hydrogen-bond acceptors (Lipinski definition) is 2. The van der Waals surface area contributed by atoms with E-state index in [1.165, 1.54) is 45.3 Å². The van der Waals surface area contributed by atoms with E-state index in [0.29, 0.717) is 6.04 Å². The third kappa shape index (κ3) is 1.40. The summed E-state index contributed by atoms with van der Waals surface area (Å²) in [5.41, 5.74) is 0. The fourth-order valence-electron chi connectivity index (χ4n) is 3.78. The van der Waals surface area contributed by atoms with E-state index >= 15 is 0 Å². The Morgan fingerprint density at radius 3 is 2.64 bits per heavy atom. The van der Waals surface area contributed by atoms with Crippen molar-refractivity contribution < 1.29 is 0 Å². The van der Waals surface area contributed by atoms with Crippen LogP contribution < -0.4 is 5.32 Å². The molecule has 0 bridgehead atoms. The molecule has 1 aliphatic heterocycles. The number of nitrogens with zero attached hydrogens (tertiary/aromatic N) is 1. The molecule has 3 rings (SSSR count). The SMILES string of the molecule is CC1CN(C2CCC3CCC32)CCN1. The number of hydrogen-bond donors (Lipinski definition) is 1. The molecule has 1 N–H and O–H groups in total. The molecule has 0 radical (unpaired) electrons. The van der Waals surface area contributed by atoms with Crippen molar-refractivity contribution in [2.24, 2.45) is 11.8 Å².